The first kappa shape index (κ1) is 24.5. The Balaban J connectivity index is 1.45. The number of anilines is 2. The number of fused-ring (bicyclic) bond motifs is 1. The molecule has 2 amide bonds. The van der Waals surface area contributed by atoms with Crippen molar-refractivity contribution in [2.45, 2.75) is 26.8 Å². The Bertz CT molecular complexity index is 1140. The molecule has 0 atom stereocenters. The van der Waals surface area contributed by atoms with E-state index in [-0.39, 0.29) is 6.54 Å². The second-order valence-electron chi connectivity index (χ2n) is 7.56. The fourth-order valence-electron chi connectivity index (χ4n) is 3.37. The van der Waals surface area contributed by atoms with Crippen molar-refractivity contribution in [2.24, 2.45) is 0 Å². The van der Waals surface area contributed by atoms with E-state index in [2.05, 4.69) is 36.3 Å². The van der Waals surface area contributed by atoms with Crippen molar-refractivity contribution in [3.05, 3.63) is 58.4 Å². The summed E-state index contributed by atoms with van der Waals surface area (Å²) < 4.78 is 5.84. The van der Waals surface area contributed by atoms with E-state index in [1.165, 1.54) is 11.3 Å². The normalized spacial score (nSPS) is 10.8. The van der Waals surface area contributed by atoms with Crippen molar-refractivity contribution in [1.29, 1.82) is 0 Å². The molecule has 174 valence electrons. The summed E-state index contributed by atoms with van der Waals surface area (Å²) in [7, 11) is 0. The van der Waals surface area contributed by atoms with Crippen molar-refractivity contribution in [3.8, 4) is 0 Å². The molecule has 0 bridgehead atoms. The number of ether oxygens (including phenoxy) is 1. The second-order valence-corrected chi connectivity index (χ2v) is 8.99. The number of rotatable bonds is 9. The molecule has 0 unspecified atom stereocenters. The molecule has 1 aromatic heterocycles. The third-order valence-electron chi connectivity index (χ3n) is 4.95. The minimum absolute atomic E-state index is 0.325. The molecule has 0 radical (unpaired) electrons. The maximum absolute atomic E-state index is 12.4. The van der Waals surface area contributed by atoms with Gasteiger partial charge in [0.15, 0.2) is 6.61 Å². The predicted molar refractivity (Wildman–Crippen MR) is 133 cm³/mol. The molecule has 0 fully saturated rings. The van der Waals surface area contributed by atoms with Gasteiger partial charge in [0.25, 0.3) is 11.8 Å². The summed E-state index contributed by atoms with van der Waals surface area (Å²) in [4.78, 5) is 39.0. The SMILES string of the molecule is CCN(c1ccc(NC(=O)COC(=O)CNC(=O)c2sc3ccccc3c2Cl)cc1)C(C)C. The van der Waals surface area contributed by atoms with E-state index in [0.717, 1.165) is 22.3 Å². The lowest BCUT2D eigenvalue weighted by Gasteiger charge is -2.27. The van der Waals surface area contributed by atoms with Gasteiger partial charge in [0, 0.05) is 34.0 Å². The average molecular weight is 488 g/mol. The number of esters is 1. The van der Waals surface area contributed by atoms with E-state index in [1.807, 2.05) is 36.4 Å². The van der Waals surface area contributed by atoms with Crippen molar-refractivity contribution in [2.75, 3.05) is 29.9 Å². The molecule has 3 aromatic rings. The molecule has 9 heteroatoms. The molecule has 0 saturated heterocycles. The number of benzene rings is 2. The molecule has 2 N–H and O–H groups in total. The summed E-state index contributed by atoms with van der Waals surface area (Å²) in [6.45, 7) is 6.38. The number of amides is 2. The Labute approximate surface area is 201 Å². The van der Waals surface area contributed by atoms with Crippen LogP contribution in [0.4, 0.5) is 11.4 Å². The maximum Gasteiger partial charge on any atom is 0.325 e. The van der Waals surface area contributed by atoms with E-state index in [0.29, 0.717) is 21.6 Å². The Hall–Kier alpha value is -3.10. The Morgan fingerprint density at radius 1 is 1.09 bits per heavy atom. The van der Waals surface area contributed by atoms with Gasteiger partial charge < -0.3 is 20.3 Å². The summed E-state index contributed by atoms with van der Waals surface area (Å²) in [6, 6.07) is 15.2. The van der Waals surface area contributed by atoms with Gasteiger partial charge in [0.05, 0.1) is 5.02 Å². The lowest BCUT2D eigenvalue weighted by Crippen LogP contribution is -2.32. The zero-order valence-electron chi connectivity index (χ0n) is 18.7. The van der Waals surface area contributed by atoms with Crippen LogP contribution in [0, 0.1) is 0 Å². The third-order valence-corrected chi connectivity index (χ3v) is 6.62. The third kappa shape index (κ3) is 6.24. The van der Waals surface area contributed by atoms with E-state index >= 15 is 0 Å². The van der Waals surface area contributed by atoms with Gasteiger partial charge in [-0.05, 0) is 51.1 Å². The van der Waals surface area contributed by atoms with Gasteiger partial charge in [-0.15, -0.1) is 11.3 Å². The summed E-state index contributed by atoms with van der Waals surface area (Å²) in [5, 5.41) is 6.30. The second kappa shape index (κ2) is 11.2. The first-order chi connectivity index (χ1) is 15.8. The summed E-state index contributed by atoms with van der Waals surface area (Å²) >= 11 is 7.52. The molecule has 0 aliphatic heterocycles. The standard InChI is InChI=1S/C24H26ClN3O4S/c1-4-28(15(2)3)17-11-9-16(10-12-17)27-20(29)14-32-21(30)13-26-24(31)23-22(25)18-7-5-6-8-19(18)33-23/h5-12,15H,4,13-14H2,1-3H3,(H,26,31)(H,27,29). The number of thiophene rings is 1. The molecule has 0 aliphatic carbocycles. The van der Waals surface area contributed by atoms with Gasteiger partial charge >= 0.3 is 5.97 Å². The quantitative estimate of drug-likeness (QED) is 0.427. The number of carbonyl (C=O) groups excluding carboxylic acids is 3. The Kier molecular flexibility index (Phi) is 8.30. The Morgan fingerprint density at radius 2 is 1.79 bits per heavy atom. The first-order valence-electron chi connectivity index (χ1n) is 10.6. The minimum Gasteiger partial charge on any atom is -0.454 e. The summed E-state index contributed by atoms with van der Waals surface area (Å²) in [5.41, 5.74) is 1.67. The first-order valence-corrected chi connectivity index (χ1v) is 11.8. The number of carbonyl (C=O) groups is 3. The van der Waals surface area contributed by atoms with Crippen LogP contribution in [-0.4, -0.2) is 43.5 Å². The van der Waals surface area contributed by atoms with Crippen LogP contribution in [0.25, 0.3) is 10.1 Å². The van der Waals surface area contributed by atoms with Crippen molar-refractivity contribution in [1.82, 2.24) is 5.32 Å². The monoisotopic (exact) mass is 487 g/mol. The average Bonchev–Trinajstić information content (AvgIpc) is 3.14. The zero-order chi connectivity index (χ0) is 24.0. The fourth-order valence-corrected chi connectivity index (χ4v) is 4.80. The van der Waals surface area contributed by atoms with Crippen LogP contribution in [0.5, 0.6) is 0 Å². The highest BCUT2D eigenvalue weighted by molar-refractivity contribution is 7.21. The number of nitrogens with one attached hydrogen (secondary N) is 2. The number of nitrogens with zero attached hydrogens (tertiary/aromatic N) is 1. The molecular weight excluding hydrogens is 462 g/mol. The molecule has 33 heavy (non-hydrogen) atoms. The lowest BCUT2D eigenvalue weighted by molar-refractivity contribution is -0.146. The molecular formula is C24H26ClN3O4S. The van der Waals surface area contributed by atoms with Gasteiger partial charge in [-0.25, -0.2) is 0 Å². The molecule has 7 nitrogen and oxygen atoms in total. The minimum atomic E-state index is -0.721. The number of hydrogen-bond acceptors (Lipinski definition) is 6. The predicted octanol–water partition coefficient (Wildman–Crippen LogP) is 4.70. The molecule has 0 spiro atoms. The van der Waals surface area contributed by atoms with Crippen molar-refractivity contribution >= 4 is 62.2 Å². The fraction of sp³-hybridized carbons (Fsp3) is 0.292. The molecule has 0 aliphatic rings. The van der Waals surface area contributed by atoms with Gasteiger partial charge in [0.1, 0.15) is 11.4 Å². The van der Waals surface area contributed by atoms with Gasteiger partial charge in [0.2, 0.25) is 0 Å². The van der Waals surface area contributed by atoms with Gasteiger partial charge in [-0.3, -0.25) is 14.4 Å². The highest BCUT2D eigenvalue weighted by Gasteiger charge is 2.18. The van der Waals surface area contributed by atoms with E-state index in [9.17, 15) is 14.4 Å². The lowest BCUT2D eigenvalue weighted by atomic mass is 10.2. The highest BCUT2D eigenvalue weighted by Crippen LogP contribution is 2.34. The Morgan fingerprint density at radius 3 is 2.42 bits per heavy atom. The van der Waals surface area contributed by atoms with Crippen LogP contribution in [0.15, 0.2) is 48.5 Å². The van der Waals surface area contributed by atoms with Crippen LogP contribution >= 0.6 is 22.9 Å². The molecule has 0 saturated carbocycles. The molecule has 1 heterocycles. The van der Waals surface area contributed by atoms with Crippen molar-refractivity contribution < 1.29 is 19.1 Å². The zero-order valence-corrected chi connectivity index (χ0v) is 20.3. The number of hydrogen-bond donors (Lipinski definition) is 2. The smallest absolute Gasteiger partial charge is 0.325 e. The van der Waals surface area contributed by atoms with Gasteiger partial charge in [-0.2, -0.15) is 0 Å². The largest absolute Gasteiger partial charge is 0.454 e. The van der Waals surface area contributed by atoms with E-state index in [4.69, 9.17) is 16.3 Å². The topological polar surface area (TPSA) is 87.7 Å². The van der Waals surface area contributed by atoms with Gasteiger partial charge in [-0.1, -0.05) is 29.8 Å². The molecule has 3 rings (SSSR count). The van der Waals surface area contributed by atoms with Crippen LogP contribution in [0.1, 0.15) is 30.4 Å². The van der Waals surface area contributed by atoms with Crippen LogP contribution in [-0.2, 0) is 14.3 Å². The van der Waals surface area contributed by atoms with Crippen LogP contribution in [0.3, 0.4) is 0 Å². The highest BCUT2D eigenvalue weighted by atomic mass is 35.5. The van der Waals surface area contributed by atoms with Crippen LogP contribution < -0.4 is 15.5 Å². The summed E-state index contributed by atoms with van der Waals surface area (Å²) in [5.74, 6) is -1.65. The van der Waals surface area contributed by atoms with Crippen LogP contribution in [0.2, 0.25) is 5.02 Å². The number of halogens is 1. The summed E-state index contributed by atoms with van der Waals surface area (Å²) in [6.07, 6.45) is 0. The van der Waals surface area contributed by atoms with E-state index in [1.54, 1.807) is 12.1 Å². The molecule has 2 aromatic carbocycles. The van der Waals surface area contributed by atoms with Crippen molar-refractivity contribution in [3.63, 3.8) is 0 Å². The maximum atomic E-state index is 12.4. The van der Waals surface area contributed by atoms with E-state index < -0.39 is 24.4 Å².